The van der Waals surface area contributed by atoms with Gasteiger partial charge in [-0.05, 0) is 52.4 Å². The summed E-state index contributed by atoms with van der Waals surface area (Å²) in [6.07, 6.45) is 1.98. The van der Waals surface area contributed by atoms with Crippen LogP contribution in [0, 0.1) is 5.92 Å². The van der Waals surface area contributed by atoms with Gasteiger partial charge in [-0.2, -0.15) is 0 Å². The molecular weight excluding hydrogens is 336 g/mol. The third-order valence-corrected chi connectivity index (χ3v) is 5.07. The Labute approximate surface area is 156 Å². The van der Waals surface area contributed by atoms with E-state index in [1.54, 1.807) is 9.80 Å². The average Bonchev–Trinajstić information content (AvgIpc) is 3.09. The van der Waals surface area contributed by atoms with E-state index in [1.807, 2.05) is 34.6 Å². The van der Waals surface area contributed by atoms with Gasteiger partial charge in [-0.1, -0.05) is 13.8 Å². The minimum absolute atomic E-state index is 0.156. The standard InChI is InChI=1S/C19H32N2O5/c1-13(2)12-14(15(22)25-6)20-11-9-19(16(20)23)8-7-10-21(19)17(24)26-18(3,4)5/h13-14H,7-12H2,1-6H3/t14-,19-/m0/s1. The van der Waals surface area contributed by atoms with Crippen molar-refractivity contribution in [2.45, 2.75) is 77.5 Å². The van der Waals surface area contributed by atoms with E-state index in [2.05, 4.69) is 0 Å². The smallest absolute Gasteiger partial charge is 0.411 e. The predicted octanol–water partition coefficient (Wildman–Crippen LogP) is 2.58. The number of nitrogens with zero attached hydrogens (tertiary/aromatic N) is 2. The number of carbonyl (C=O) groups excluding carboxylic acids is 3. The SMILES string of the molecule is COC(=O)[C@H](CC(C)C)N1CC[C@@]2(CCCN2C(=O)OC(C)(C)C)C1=O. The molecule has 0 aromatic heterocycles. The number of ether oxygens (including phenoxy) is 2. The fourth-order valence-corrected chi connectivity index (χ4v) is 3.96. The van der Waals surface area contributed by atoms with Crippen LogP contribution < -0.4 is 0 Å². The Morgan fingerprint density at radius 2 is 1.85 bits per heavy atom. The lowest BCUT2D eigenvalue weighted by atomic mass is 9.94. The molecular formula is C19H32N2O5. The Morgan fingerprint density at radius 3 is 2.38 bits per heavy atom. The molecule has 0 bridgehead atoms. The van der Waals surface area contributed by atoms with Crippen molar-refractivity contribution >= 4 is 18.0 Å². The van der Waals surface area contributed by atoms with Gasteiger partial charge in [0.15, 0.2) is 0 Å². The molecule has 0 aromatic carbocycles. The molecule has 2 rings (SSSR count). The highest BCUT2D eigenvalue weighted by Crippen LogP contribution is 2.41. The second kappa shape index (κ2) is 7.45. The van der Waals surface area contributed by atoms with Crippen molar-refractivity contribution in [3.63, 3.8) is 0 Å². The molecule has 0 unspecified atom stereocenters. The number of carbonyl (C=O) groups is 3. The first-order valence-corrected chi connectivity index (χ1v) is 9.41. The zero-order chi connectivity index (χ0) is 19.7. The van der Waals surface area contributed by atoms with E-state index in [0.29, 0.717) is 32.4 Å². The van der Waals surface area contributed by atoms with Crippen LogP contribution in [0.25, 0.3) is 0 Å². The maximum absolute atomic E-state index is 13.3. The van der Waals surface area contributed by atoms with Crippen molar-refractivity contribution in [2.75, 3.05) is 20.2 Å². The van der Waals surface area contributed by atoms with Gasteiger partial charge >= 0.3 is 12.1 Å². The van der Waals surface area contributed by atoms with Crippen LogP contribution in [0.1, 0.15) is 60.3 Å². The molecule has 2 atom stereocenters. The van der Waals surface area contributed by atoms with Crippen LogP contribution in [0.2, 0.25) is 0 Å². The van der Waals surface area contributed by atoms with Gasteiger partial charge in [-0.3, -0.25) is 9.69 Å². The number of likely N-dealkylation sites (tertiary alicyclic amines) is 2. The number of rotatable bonds is 4. The maximum atomic E-state index is 13.3. The number of esters is 1. The molecule has 2 fully saturated rings. The molecule has 0 aromatic rings. The molecule has 7 heteroatoms. The molecule has 2 heterocycles. The summed E-state index contributed by atoms with van der Waals surface area (Å²) >= 11 is 0. The van der Waals surface area contributed by atoms with E-state index in [1.165, 1.54) is 7.11 Å². The summed E-state index contributed by atoms with van der Waals surface area (Å²) in [7, 11) is 1.34. The van der Waals surface area contributed by atoms with Gasteiger partial charge in [0, 0.05) is 13.1 Å². The zero-order valence-electron chi connectivity index (χ0n) is 16.8. The third-order valence-electron chi connectivity index (χ3n) is 5.07. The van der Waals surface area contributed by atoms with Crippen molar-refractivity contribution in [3.05, 3.63) is 0 Å². The second-order valence-corrected chi connectivity index (χ2v) is 8.68. The van der Waals surface area contributed by atoms with Gasteiger partial charge < -0.3 is 14.4 Å². The van der Waals surface area contributed by atoms with Gasteiger partial charge in [-0.15, -0.1) is 0 Å². The van der Waals surface area contributed by atoms with E-state index < -0.39 is 29.2 Å². The molecule has 2 saturated heterocycles. The maximum Gasteiger partial charge on any atom is 0.411 e. The lowest BCUT2D eigenvalue weighted by molar-refractivity contribution is -0.154. The van der Waals surface area contributed by atoms with Crippen molar-refractivity contribution in [1.82, 2.24) is 9.80 Å². The average molecular weight is 368 g/mol. The highest BCUT2D eigenvalue weighted by atomic mass is 16.6. The Hall–Kier alpha value is -1.79. The first-order valence-electron chi connectivity index (χ1n) is 9.41. The Morgan fingerprint density at radius 1 is 1.19 bits per heavy atom. The molecule has 26 heavy (non-hydrogen) atoms. The number of methoxy groups -OCH3 is 1. The van der Waals surface area contributed by atoms with Gasteiger partial charge in [0.1, 0.15) is 17.2 Å². The molecule has 0 aliphatic carbocycles. The summed E-state index contributed by atoms with van der Waals surface area (Å²) in [4.78, 5) is 41.4. The summed E-state index contributed by atoms with van der Waals surface area (Å²) in [6, 6.07) is -0.604. The van der Waals surface area contributed by atoms with Crippen molar-refractivity contribution in [1.29, 1.82) is 0 Å². The number of hydrogen-bond donors (Lipinski definition) is 0. The minimum Gasteiger partial charge on any atom is -0.467 e. The molecule has 2 amide bonds. The first-order chi connectivity index (χ1) is 12.0. The van der Waals surface area contributed by atoms with E-state index in [0.717, 1.165) is 6.42 Å². The van der Waals surface area contributed by atoms with E-state index >= 15 is 0 Å². The molecule has 1 spiro atoms. The van der Waals surface area contributed by atoms with E-state index in [-0.39, 0.29) is 11.8 Å². The van der Waals surface area contributed by atoms with Crippen LogP contribution in [0.5, 0.6) is 0 Å². The van der Waals surface area contributed by atoms with E-state index in [4.69, 9.17) is 9.47 Å². The lowest BCUT2D eigenvalue weighted by Crippen LogP contribution is -2.56. The summed E-state index contributed by atoms with van der Waals surface area (Å²) < 4.78 is 10.4. The summed E-state index contributed by atoms with van der Waals surface area (Å²) in [5.74, 6) is -0.309. The van der Waals surface area contributed by atoms with Crippen LogP contribution in [0.4, 0.5) is 4.79 Å². The monoisotopic (exact) mass is 368 g/mol. The van der Waals surface area contributed by atoms with Gasteiger partial charge in [0.25, 0.3) is 0 Å². The lowest BCUT2D eigenvalue weighted by Gasteiger charge is -2.35. The van der Waals surface area contributed by atoms with Crippen molar-refractivity contribution < 1.29 is 23.9 Å². The van der Waals surface area contributed by atoms with Crippen LogP contribution in [-0.2, 0) is 19.1 Å². The third kappa shape index (κ3) is 3.96. The minimum atomic E-state index is -0.883. The zero-order valence-corrected chi connectivity index (χ0v) is 16.8. The fraction of sp³-hybridized carbons (Fsp3) is 0.842. The fourth-order valence-electron chi connectivity index (χ4n) is 3.96. The number of hydrogen-bond acceptors (Lipinski definition) is 5. The van der Waals surface area contributed by atoms with Crippen LogP contribution in [-0.4, -0.2) is 65.2 Å². The molecule has 0 N–H and O–H groups in total. The molecule has 2 aliphatic heterocycles. The normalized spacial score (nSPS) is 24.5. The highest BCUT2D eigenvalue weighted by molar-refractivity contribution is 5.95. The van der Waals surface area contributed by atoms with Gasteiger partial charge in [0.2, 0.25) is 5.91 Å². The number of amides is 2. The molecule has 148 valence electrons. The van der Waals surface area contributed by atoms with E-state index in [9.17, 15) is 14.4 Å². The topological polar surface area (TPSA) is 76.2 Å². The largest absolute Gasteiger partial charge is 0.467 e. The molecule has 7 nitrogen and oxygen atoms in total. The molecule has 0 radical (unpaired) electrons. The van der Waals surface area contributed by atoms with Crippen LogP contribution >= 0.6 is 0 Å². The van der Waals surface area contributed by atoms with Gasteiger partial charge in [0.05, 0.1) is 7.11 Å². The second-order valence-electron chi connectivity index (χ2n) is 8.68. The summed E-state index contributed by atoms with van der Waals surface area (Å²) in [5, 5.41) is 0. The van der Waals surface area contributed by atoms with Crippen LogP contribution in [0.3, 0.4) is 0 Å². The summed E-state index contributed by atoms with van der Waals surface area (Å²) in [6.45, 7) is 10.4. The van der Waals surface area contributed by atoms with Crippen LogP contribution in [0.15, 0.2) is 0 Å². The highest BCUT2D eigenvalue weighted by Gasteiger charge is 2.57. The molecule has 0 saturated carbocycles. The Balaban J connectivity index is 2.24. The quantitative estimate of drug-likeness (QED) is 0.713. The Kier molecular flexibility index (Phi) is 5.88. The summed E-state index contributed by atoms with van der Waals surface area (Å²) in [5.41, 5.74) is -1.50. The van der Waals surface area contributed by atoms with Crippen molar-refractivity contribution in [2.24, 2.45) is 5.92 Å². The van der Waals surface area contributed by atoms with Gasteiger partial charge in [-0.25, -0.2) is 9.59 Å². The molecule has 2 aliphatic rings. The first kappa shape index (κ1) is 20.5. The predicted molar refractivity (Wildman–Crippen MR) is 96.5 cm³/mol. The Bertz CT molecular complexity index is 569. The van der Waals surface area contributed by atoms with Crippen molar-refractivity contribution in [3.8, 4) is 0 Å².